The molecule has 0 atom stereocenters. The lowest BCUT2D eigenvalue weighted by Gasteiger charge is -2.15. The predicted molar refractivity (Wildman–Crippen MR) is 118 cm³/mol. The fourth-order valence-corrected chi connectivity index (χ4v) is 3.06. The molecule has 3 aromatic rings. The molecule has 1 N–H and O–H groups in total. The number of rotatable bonds is 7. The predicted octanol–water partition coefficient (Wildman–Crippen LogP) is 4.99. The summed E-state index contributed by atoms with van der Waals surface area (Å²) in [6.07, 6.45) is 3.93. The van der Waals surface area contributed by atoms with Crippen molar-refractivity contribution in [2.45, 2.75) is 13.3 Å². The molecule has 0 saturated heterocycles. The van der Waals surface area contributed by atoms with Crippen molar-refractivity contribution in [1.82, 2.24) is 9.97 Å². The van der Waals surface area contributed by atoms with Crippen LogP contribution >= 0.6 is 0 Å². The van der Waals surface area contributed by atoms with E-state index >= 15 is 0 Å². The van der Waals surface area contributed by atoms with Crippen molar-refractivity contribution in [3.05, 3.63) is 84.2 Å². The van der Waals surface area contributed by atoms with Crippen LogP contribution in [0.1, 0.15) is 29.4 Å². The molecule has 146 valence electrons. The number of aromatic nitrogens is 2. The summed E-state index contributed by atoms with van der Waals surface area (Å²) in [6.45, 7) is 9.24. The van der Waals surface area contributed by atoms with Crippen molar-refractivity contribution >= 4 is 23.9 Å². The quantitative estimate of drug-likeness (QED) is 0.622. The summed E-state index contributed by atoms with van der Waals surface area (Å²) in [7, 11) is 1.62. The van der Waals surface area contributed by atoms with Gasteiger partial charge in [0.15, 0.2) is 5.82 Å². The maximum atomic E-state index is 11.7. The number of nitrogens with zero attached hydrogens (tertiary/aromatic N) is 2. The van der Waals surface area contributed by atoms with Gasteiger partial charge in [0, 0.05) is 18.9 Å². The van der Waals surface area contributed by atoms with E-state index in [1.807, 2.05) is 48.5 Å². The number of methoxy groups -OCH3 is 1. The summed E-state index contributed by atoms with van der Waals surface area (Å²) >= 11 is 0. The zero-order valence-corrected chi connectivity index (χ0v) is 16.6. The lowest BCUT2D eigenvalue weighted by Crippen LogP contribution is -2.13. The Balaban J connectivity index is 2.19. The molecule has 0 aliphatic rings. The van der Waals surface area contributed by atoms with E-state index in [-0.39, 0.29) is 5.91 Å². The summed E-state index contributed by atoms with van der Waals surface area (Å²) in [5.41, 5.74) is 4.75. The van der Waals surface area contributed by atoms with Gasteiger partial charge in [-0.25, -0.2) is 9.97 Å². The van der Waals surface area contributed by atoms with E-state index < -0.39 is 0 Å². The molecule has 0 fully saturated rings. The second kappa shape index (κ2) is 8.97. The van der Waals surface area contributed by atoms with Gasteiger partial charge in [-0.05, 0) is 35.4 Å². The third-order valence-electron chi connectivity index (χ3n) is 4.43. The molecule has 1 aromatic heterocycles. The maximum absolute atomic E-state index is 11.7. The number of hydrogen-bond acceptors (Lipinski definition) is 4. The minimum Gasteiger partial charge on any atom is -0.497 e. The molecule has 1 amide bonds. The molecule has 29 heavy (non-hydrogen) atoms. The lowest BCUT2D eigenvalue weighted by molar-refractivity contribution is -0.114. The summed E-state index contributed by atoms with van der Waals surface area (Å²) in [6, 6.07) is 15.6. The van der Waals surface area contributed by atoms with E-state index in [1.165, 1.54) is 6.92 Å². The number of ether oxygens (including phenoxy) is 1. The minimum atomic E-state index is -0.201. The Morgan fingerprint density at radius 3 is 2.48 bits per heavy atom. The van der Waals surface area contributed by atoms with Crippen LogP contribution in [-0.4, -0.2) is 23.0 Å². The Morgan fingerprint density at radius 2 is 1.86 bits per heavy atom. The van der Waals surface area contributed by atoms with E-state index in [0.29, 0.717) is 29.3 Å². The average molecular weight is 385 g/mol. The molecule has 0 bridgehead atoms. The molecule has 0 aliphatic heterocycles. The molecule has 5 nitrogen and oxygen atoms in total. The lowest BCUT2D eigenvalue weighted by atomic mass is 10.0. The zero-order valence-electron chi connectivity index (χ0n) is 16.6. The zero-order chi connectivity index (χ0) is 20.8. The van der Waals surface area contributed by atoms with Crippen LogP contribution in [0.5, 0.6) is 5.75 Å². The fraction of sp³-hybridized carbons (Fsp3) is 0.125. The Kier molecular flexibility index (Phi) is 6.19. The van der Waals surface area contributed by atoms with Crippen LogP contribution in [0.25, 0.3) is 23.4 Å². The van der Waals surface area contributed by atoms with Gasteiger partial charge in [-0.2, -0.15) is 0 Å². The van der Waals surface area contributed by atoms with E-state index in [4.69, 9.17) is 9.72 Å². The van der Waals surface area contributed by atoms with Gasteiger partial charge >= 0.3 is 0 Å². The summed E-state index contributed by atoms with van der Waals surface area (Å²) in [5, 5.41) is 2.79. The molecule has 0 spiro atoms. The molecule has 5 heteroatoms. The van der Waals surface area contributed by atoms with E-state index in [2.05, 4.69) is 23.5 Å². The van der Waals surface area contributed by atoms with Gasteiger partial charge in [0.25, 0.3) is 0 Å². The number of benzene rings is 2. The van der Waals surface area contributed by atoms with Crippen molar-refractivity contribution in [1.29, 1.82) is 0 Å². The van der Waals surface area contributed by atoms with Crippen molar-refractivity contribution in [3.63, 3.8) is 0 Å². The topological polar surface area (TPSA) is 64.1 Å². The van der Waals surface area contributed by atoms with Crippen molar-refractivity contribution < 1.29 is 9.53 Å². The first-order valence-corrected chi connectivity index (χ1v) is 9.21. The monoisotopic (exact) mass is 385 g/mol. The highest BCUT2D eigenvalue weighted by atomic mass is 16.5. The first-order valence-electron chi connectivity index (χ1n) is 9.21. The van der Waals surface area contributed by atoms with E-state index in [0.717, 1.165) is 22.4 Å². The van der Waals surface area contributed by atoms with Gasteiger partial charge < -0.3 is 10.1 Å². The van der Waals surface area contributed by atoms with Gasteiger partial charge in [-0.3, -0.25) is 4.79 Å². The van der Waals surface area contributed by atoms with Crippen molar-refractivity contribution in [3.8, 4) is 17.0 Å². The third-order valence-corrected chi connectivity index (χ3v) is 4.43. The van der Waals surface area contributed by atoms with Crippen LogP contribution in [0.2, 0.25) is 0 Å². The van der Waals surface area contributed by atoms with E-state index in [9.17, 15) is 4.79 Å². The Labute approximate surface area is 170 Å². The average Bonchev–Trinajstić information content (AvgIpc) is 2.74. The SMILES string of the molecule is C=Cc1cc(OC)ccc1-c1nc(Cc2ccccc2)c(NC(C)=O)nc1C=C. The molecule has 1 heterocycles. The van der Waals surface area contributed by atoms with E-state index in [1.54, 1.807) is 19.3 Å². The van der Waals surface area contributed by atoms with Crippen LogP contribution in [0, 0.1) is 0 Å². The number of carbonyl (C=O) groups is 1. The first-order chi connectivity index (χ1) is 14.0. The summed E-state index contributed by atoms with van der Waals surface area (Å²) in [4.78, 5) is 21.2. The fourth-order valence-electron chi connectivity index (χ4n) is 3.06. The highest BCUT2D eigenvalue weighted by Gasteiger charge is 2.17. The molecule has 0 radical (unpaired) electrons. The number of nitrogens with one attached hydrogen (secondary N) is 1. The largest absolute Gasteiger partial charge is 0.497 e. The maximum Gasteiger partial charge on any atom is 0.222 e. The number of amides is 1. The molecular weight excluding hydrogens is 362 g/mol. The molecule has 0 aliphatic carbocycles. The van der Waals surface area contributed by atoms with Crippen molar-refractivity contribution in [2.75, 3.05) is 12.4 Å². The second-order valence-electron chi connectivity index (χ2n) is 6.46. The molecular formula is C24H23N3O2. The second-order valence-corrected chi connectivity index (χ2v) is 6.46. The third kappa shape index (κ3) is 4.58. The molecule has 0 saturated carbocycles. The van der Waals surface area contributed by atoms with Gasteiger partial charge in [-0.1, -0.05) is 49.6 Å². The van der Waals surface area contributed by atoms with Crippen LogP contribution in [0.3, 0.4) is 0 Å². The standard InChI is InChI=1S/C24H23N3O2/c1-5-18-15-19(29-4)12-13-20(18)23-21(6-2)27-24(25-16(3)28)22(26-23)14-17-10-8-7-9-11-17/h5-13,15H,1-2,14H2,3-4H3,(H,25,27,28). The van der Waals surface area contributed by atoms with Gasteiger partial charge in [0.2, 0.25) is 5.91 Å². The summed E-state index contributed by atoms with van der Waals surface area (Å²) in [5.74, 6) is 0.970. The Morgan fingerprint density at radius 1 is 1.10 bits per heavy atom. The molecule has 3 rings (SSSR count). The number of hydrogen-bond donors (Lipinski definition) is 1. The Hall–Kier alpha value is -3.73. The van der Waals surface area contributed by atoms with Gasteiger partial charge in [0.1, 0.15) is 5.75 Å². The number of carbonyl (C=O) groups excluding carboxylic acids is 1. The first kappa shape index (κ1) is 20.0. The van der Waals surface area contributed by atoms with Crippen LogP contribution < -0.4 is 10.1 Å². The summed E-state index contributed by atoms with van der Waals surface area (Å²) < 4.78 is 5.32. The van der Waals surface area contributed by atoms with Crippen LogP contribution in [0.4, 0.5) is 5.82 Å². The van der Waals surface area contributed by atoms with Gasteiger partial charge in [0.05, 0.1) is 24.2 Å². The highest BCUT2D eigenvalue weighted by molar-refractivity contribution is 5.89. The molecule has 0 unspecified atom stereocenters. The molecule has 2 aromatic carbocycles. The van der Waals surface area contributed by atoms with Crippen LogP contribution in [-0.2, 0) is 11.2 Å². The minimum absolute atomic E-state index is 0.201. The van der Waals surface area contributed by atoms with Crippen molar-refractivity contribution in [2.24, 2.45) is 0 Å². The number of anilines is 1. The smallest absolute Gasteiger partial charge is 0.222 e. The Bertz CT molecular complexity index is 1060. The van der Waals surface area contributed by atoms with Crippen LogP contribution in [0.15, 0.2) is 61.7 Å². The normalized spacial score (nSPS) is 10.3. The highest BCUT2D eigenvalue weighted by Crippen LogP contribution is 2.31. The van der Waals surface area contributed by atoms with Gasteiger partial charge in [-0.15, -0.1) is 0 Å².